The van der Waals surface area contributed by atoms with E-state index in [4.69, 9.17) is 0 Å². The van der Waals surface area contributed by atoms with Crippen LogP contribution in [-0.2, 0) is 6.54 Å². The second kappa shape index (κ2) is 8.50. The quantitative estimate of drug-likeness (QED) is 0.792. The normalized spacial score (nSPS) is 18.7. The number of halogens is 1. The maximum atomic E-state index is 12.3. The monoisotopic (exact) mass is 401 g/mol. The summed E-state index contributed by atoms with van der Waals surface area (Å²) >= 11 is 3.54. The molecule has 2 N–H and O–H groups in total. The largest absolute Gasteiger partial charge is 0.334 e. The summed E-state index contributed by atoms with van der Waals surface area (Å²) in [5.41, 5.74) is 2.39. The second-order valence-electron chi connectivity index (χ2n) is 6.57. The van der Waals surface area contributed by atoms with E-state index in [2.05, 4.69) is 55.7 Å². The molecule has 1 fully saturated rings. The molecule has 1 aliphatic heterocycles. The molecule has 3 rings (SSSR count). The van der Waals surface area contributed by atoms with Crippen molar-refractivity contribution in [1.29, 1.82) is 0 Å². The van der Waals surface area contributed by atoms with Gasteiger partial charge in [0.2, 0.25) is 0 Å². The second-order valence-corrected chi connectivity index (χ2v) is 7.42. The molecule has 0 aromatic heterocycles. The van der Waals surface area contributed by atoms with Crippen molar-refractivity contribution >= 4 is 22.0 Å². The molecule has 2 aromatic carbocycles. The zero-order valence-electron chi connectivity index (χ0n) is 14.4. The van der Waals surface area contributed by atoms with E-state index in [0.29, 0.717) is 0 Å². The van der Waals surface area contributed by atoms with Crippen molar-refractivity contribution in [3.8, 4) is 0 Å². The van der Waals surface area contributed by atoms with Gasteiger partial charge in [0.1, 0.15) is 0 Å². The van der Waals surface area contributed by atoms with Crippen LogP contribution < -0.4 is 10.6 Å². The van der Waals surface area contributed by atoms with E-state index in [1.54, 1.807) is 0 Å². The van der Waals surface area contributed by atoms with Gasteiger partial charge in [-0.15, -0.1) is 0 Å². The van der Waals surface area contributed by atoms with Crippen molar-refractivity contribution in [2.24, 2.45) is 0 Å². The highest BCUT2D eigenvalue weighted by Crippen LogP contribution is 2.22. The average Bonchev–Trinajstić information content (AvgIpc) is 3.02. The predicted octanol–water partition coefficient (Wildman–Crippen LogP) is 4.08. The zero-order valence-corrected chi connectivity index (χ0v) is 16.0. The van der Waals surface area contributed by atoms with E-state index in [1.807, 2.05) is 37.3 Å². The topological polar surface area (TPSA) is 44.4 Å². The molecule has 1 saturated heterocycles. The van der Waals surface area contributed by atoms with Gasteiger partial charge in [-0.05, 0) is 30.5 Å². The molecular weight excluding hydrogens is 378 g/mol. The van der Waals surface area contributed by atoms with Gasteiger partial charge in [-0.25, -0.2) is 4.79 Å². The van der Waals surface area contributed by atoms with Crippen LogP contribution in [0.25, 0.3) is 0 Å². The fourth-order valence-electron chi connectivity index (χ4n) is 3.26. The Morgan fingerprint density at radius 3 is 2.68 bits per heavy atom. The highest BCUT2D eigenvalue weighted by molar-refractivity contribution is 9.10. The summed E-state index contributed by atoms with van der Waals surface area (Å²) < 4.78 is 1.01. The summed E-state index contributed by atoms with van der Waals surface area (Å²) in [6.45, 7) is 4.84. The third kappa shape index (κ3) is 5.06. The first kappa shape index (κ1) is 18.0. The van der Waals surface area contributed by atoms with Crippen LogP contribution in [0, 0.1) is 0 Å². The molecule has 25 heavy (non-hydrogen) atoms. The minimum atomic E-state index is -0.102. The van der Waals surface area contributed by atoms with Crippen LogP contribution >= 0.6 is 15.9 Å². The van der Waals surface area contributed by atoms with Crippen molar-refractivity contribution in [3.63, 3.8) is 0 Å². The Kier molecular flexibility index (Phi) is 6.10. The molecular formula is C20H24BrN3O. The number of benzene rings is 2. The fraction of sp³-hybridized carbons (Fsp3) is 0.350. The fourth-order valence-corrected chi connectivity index (χ4v) is 3.89. The number of urea groups is 1. The third-order valence-electron chi connectivity index (χ3n) is 4.58. The first-order valence-electron chi connectivity index (χ1n) is 8.69. The van der Waals surface area contributed by atoms with Crippen molar-refractivity contribution in [1.82, 2.24) is 15.5 Å². The van der Waals surface area contributed by atoms with Gasteiger partial charge < -0.3 is 10.6 Å². The molecule has 2 aromatic rings. The Morgan fingerprint density at radius 1 is 1.20 bits per heavy atom. The number of amides is 2. The molecule has 2 unspecified atom stereocenters. The summed E-state index contributed by atoms with van der Waals surface area (Å²) in [5, 5.41) is 6.14. The van der Waals surface area contributed by atoms with Crippen LogP contribution in [0.3, 0.4) is 0 Å². The van der Waals surface area contributed by atoms with Gasteiger partial charge in [-0.2, -0.15) is 0 Å². The molecule has 1 aliphatic rings. The van der Waals surface area contributed by atoms with Crippen LogP contribution in [0.2, 0.25) is 0 Å². The molecule has 0 saturated carbocycles. The minimum Gasteiger partial charge on any atom is -0.334 e. The molecule has 4 nitrogen and oxygen atoms in total. The molecule has 0 bridgehead atoms. The Bertz CT molecular complexity index is 707. The van der Waals surface area contributed by atoms with Crippen LogP contribution in [-0.4, -0.2) is 30.1 Å². The Balaban J connectivity index is 1.46. The molecule has 132 valence electrons. The predicted molar refractivity (Wildman–Crippen MR) is 104 cm³/mol. The lowest BCUT2D eigenvalue weighted by molar-refractivity contribution is 0.233. The molecule has 0 radical (unpaired) electrons. The van der Waals surface area contributed by atoms with Gasteiger partial charge in [0.05, 0.1) is 6.04 Å². The summed E-state index contributed by atoms with van der Waals surface area (Å²) in [7, 11) is 0. The average molecular weight is 402 g/mol. The number of hydrogen-bond donors (Lipinski definition) is 2. The maximum Gasteiger partial charge on any atom is 0.315 e. The van der Waals surface area contributed by atoms with Gasteiger partial charge >= 0.3 is 6.03 Å². The standard InChI is InChI=1S/C20H24BrN3O/c1-15(18-9-5-6-10-19(18)21)22-20(25)23-17-11-12-24(14-17)13-16-7-3-2-4-8-16/h2-10,15,17H,11-14H2,1H3,(H2,22,23,25). The summed E-state index contributed by atoms with van der Waals surface area (Å²) in [6.07, 6.45) is 0.990. The number of nitrogens with one attached hydrogen (secondary N) is 2. The van der Waals surface area contributed by atoms with Gasteiger partial charge in [0.15, 0.2) is 0 Å². The first-order valence-corrected chi connectivity index (χ1v) is 9.49. The Morgan fingerprint density at radius 2 is 1.92 bits per heavy atom. The molecule has 2 atom stereocenters. The van der Waals surface area contributed by atoms with Crippen molar-refractivity contribution < 1.29 is 4.79 Å². The van der Waals surface area contributed by atoms with Crippen LogP contribution in [0.5, 0.6) is 0 Å². The Hall–Kier alpha value is -1.85. The van der Waals surface area contributed by atoms with E-state index in [1.165, 1.54) is 5.56 Å². The lowest BCUT2D eigenvalue weighted by atomic mass is 10.1. The number of hydrogen-bond acceptors (Lipinski definition) is 2. The lowest BCUT2D eigenvalue weighted by Crippen LogP contribution is -2.44. The summed E-state index contributed by atoms with van der Waals surface area (Å²) in [6, 6.07) is 18.5. The molecule has 5 heteroatoms. The van der Waals surface area contributed by atoms with Gasteiger partial charge in [-0.3, -0.25) is 4.90 Å². The molecule has 0 aliphatic carbocycles. The highest BCUT2D eigenvalue weighted by atomic mass is 79.9. The van der Waals surface area contributed by atoms with Crippen LogP contribution in [0.15, 0.2) is 59.1 Å². The zero-order chi connectivity index (χ0) is 17.6. The number of likely N-dealkylation sites (tertiary alicyclic amines) is 1. The minimum absolute atomic E-state index is 0.0441. The maximum absolute atomic E-state index is 12.3. The number of rotatable bonds is 5. The lowest BCUT2D eigenvalue weighted by Gasteiger charge is -2.20. The van der Waals surface area contributed by atoms with Crippen LogP contribution in [0.1, 0.15) is 30.5 Å². The van der Waals surface area contributed by atoms with Crippen LogP contribution in [0.4, 0.5) is 4.79 Å². The highest BCUT2D eigenvalue weighted by Gasteiger charge is 2.24. The van der Waals surface area contributed by atoms with Crippen molar-refractivity contribution in [2.75, 3.05) is 13.1 Å². The molecule has 0 spiro atoms. The van der Waals surface area contributed by atoms with E-state index in [0.717, 1.165) is 36.1 Å². The van der Waals surface area contributed by atoms with Crippen molar-refractivity contribution in [2.45, 2.75) is 32.0 Å². The molecule has 1 heterocycles. The van der Waals surface area contributed by atoms with E-state index in [-0.39, 0.29) is 18.1 Å². The number of carbonyl (C=O) groups is 1. The first-order chi connectivity index (χ1) is 12.1. The SMILES string of the molecule is CC(NC(=O)NC1CCN(Cc2ccccc2)C1)c1ccccc1Br. The van der Waals surface area contributed by atoms with Crippen molar-refractivity contribution in [3.05, 3.63) is 70.2 Å². The summed E-state index contributed by atoms with van der Waals surface area (Å²) in [5.74, 6) is 0. The van der Waals surface area contributed by atoms with Gasteiger partial charge in [0, 0.05) is 30.1 Å². The van der Waals surface area contributed by atoms with E-state index >= 15 is 0 Å². The van der Waals surface area contributed by atoms with Gasteiger partial charge in [0.25, 0.3) is 0 Å². The Labute approximate surface area is 157 Å². The van der Waals surface area contributed by atoms with Gasteiger partial charge in [-0.1, -0.05) is 64.5 Å². The third-order valence-corrected chi connectivity index (χ3v) is 5.30. The van der Waals surface area contributed by atoms with E-state index < -0.39 is 0 Å². The van der Waals surface area contributed by atoms with E-state index in [9.17, 15) is 4.79 Å². The number of carbonyl (C=O) groups excluding carboxylic acids is 1. The smallest absolute Gasteiger partial charge is 0.315 e. The number of nitrogens with zero attached hydrogens (tertiary/aromatic N) is 1. The molecule has 2 amide bonds. The summed E-state index contributed by atoms with van der Waals surface area (Å²) in [4.78, 5) is 14.7.